The van der Waals surface area contributed by atoms with Crippen LogP contribution >= 0.6 is 0 Å². The standard InChI is InChI=1S/C24H45N5O2/c1-16-10-17(2)28-24(31)22(16)14-27-23(30)21-11-20(12-26-13-21)19-6-4-18(5-7-19)15-29(3)9-8-25/h16-22,26H,4-15,25H2,1-3H3,(H,27,30)(H,28,31). The van der Waals surface area contributed by atoms with Crippen LogP contribution in [0.4, 0.5) is 0 Å². The van der Waals surface area contributed by atoms with E-state index in [4.69, 9.17) is 5.73 Å². The predicted octanol–water partition coefficient (Wildman–Crippen LogP) is 1.19. The lowest BCUT2D eigenvalue weighted by Crippen LogP contribution is -2.52. The number of nitrogens with two attached hydrogens (primary N) is 1. The van der Waals surface area contributed by atoms with Crippen molar-refractivity contribution in [1.82, 2.24) is 20.9 Å². The summed E-state index contributed by atoms with van der Waals surface area (Å²) < 4.78 is 0. The smallest absolute Gasteiger partial charge is 0.225 e. The Morgan fingerprint density at radius 2 is 1.87 bits per heavy atom. The van der Waals surface area contributed by atoms with Gasteiger partial charge in [-0.25, -0.2) is 0 Å². The van der Waals surface area contributed by atoms with Crippen molar-refractivity contribution in [3.8, 4) is 0 Å². The number of nitrogens with one attached hydrogen (secondary N) is 3. The maximum Gasteiger partial charge on any atom is 0.225 e. The molecule has 2 aliphatic heterocycles. The molecule has 5 unspecified atom stereocenters. The second kappa shape index (κ2) is 11.6. The molecule has 1 aliphatic carbocycles. The molecule has 2 heterocycles. The summed E-state index contributed by atoms with van der Waals surface area (Å²) in [5.74, 6) is 2.52. The summed E-state index contributed by atoms with van der Waals surface area (Å²) >= 11 is 0. The molecule has 0 aromatic rings. The number of carbonyl (C=O) groups is 2. The number of carbonyl (C=O) groups excluding carboxylic acids is 2. The zero-order valence-electron chi connectivity index (χ0n) is 19.9. The van der Waals surface area contributed by atoms with E-state index in [1.807, 2.05) is 6.92 Å². The predicted molar refractivity (Wildman–Crippen MR) is 124 cm³/mol. The van der Waals surface area contributed by atoms with Gasteiger partial charge in [-0.3, -0.25) is 9.59 Å². The number of hydrogen-bond acceptors (Lipinski definition) is 5. The van der Waals surface area contributed by atoms with E-state index in [2.05, 4.69) is 34.8 Å². The highest BCUT2D eigenvalue weighted by atomic mass is 16.2. The van der Waals surface area contributed by atoms with Crippen molar-refractivity contribution in [3.63, 3.8) is 0 Å². The van der Waals surface area contributed by atoms with E-state index in [1.54, 1.807) is 0 Å². The van der Waals surface area contributed by atoms with Crippen LogP contribution in [0.1, 0.15) is 52.4 Å². The Balaban J connectivity index is 1.42. The maximum atomic E-state index is 12.9. The summed E-state index contributed by atoms with van der Waals surface area (Å²) in [5.41, 5.74) is 5.67. The van der Waals surface area contributed by atoms with E-state index in [9.17, 15) is 9.59 Å². The molecule has 1 saturated carbocycles. The Labute approximate surface area is 188 Å². The Morgan fingerprint density at radius 3 is 2.55 bits per heavy atom. The number of rotatable bonds is 8. The average molecular weight is 436 g/mol. The van der Waals surface area contributed by atoms with Crippen molar-refractivity contribution >= 4 is 11.8 Å². The number of hydrogen-bond donors (Lipinski definition) is 4. The second-order valence-corrected chi connectivity index (χ2v) is 10.7. The first kappa shape index (κ1) is 24.5. The fraction of sp³-hybridized carbons (Fsp3) is 0.917. The van der Waals surface area contributed by atoms with Gasteiger partial charge in [-0.15, -0.1) is 0 Å². The van der Waals surface area contributed by atoms with Crippen LogP contribution in [-0.2, 0) is 9.59 Å². The van der Waals surface area contributed by atoms with Gasteiger partial charge < -0.3 is 26.6 Å². The Bertz CT molecular complexity index is 593. The number of piperidine rings is 2. The molecule has 5 atom stereocenters. The SMILES string of the molecule is CC1CC(C)C(CNC(=O)C2CNCC(C3CCC(CN(C)CCN)CC3)C2)C(=O)N1. The Kier molecular flexibility index (Phi) is 9.17. The van der Waals surface area contributed by atoms with E-state index < -0.39 is 0 Å². The highest BCUT2D eigenvalue weighted by Gasteiger charge is 2.36. The van der Waals surface area contributed by atoms with Gasteiger partial charge in [0.05, 0.1) is 11.8 Å². The summed E-state index contributed by atoms with van der Waals surface area (Å²) in [4.78, 5) is 27.6. The van der Waals surface area contributed by atoms with E-state index in [-0.39, 0.29) is 29.7 Å². The van der Waals surface area contributed by atoms with Gasteiger partial charge in [-0.2, -0.15) is 0 Å². The van der Waals surface area contributed by atoms with Crippen LogP contribution < -0.4 is 21.7 Å². The monoisotopic (exact) mass is 435 g/mol. The molecule has 0 spiro atoms. The zero-order chi connectivity index (χ0) is 22.4. The quantitative estimate of drug-likeness (QED) is 0.459. The molecular weight excluding hydrogens is 390 g/mol. The molecule has 2 saturated heterocycles. The molecule has 2 amide bonds. The van der Waals surface area contributed by atoms with E-state index in [0.717, 1.165) is 57.4 Å². The van der Waals surface area contributed by atoms with Gasteiger partial charge in [-0.05, 0) is 82.7 Å². The van der Waals surface area contributed by atoms with Gasteiger partial charge in [0.1, 0.15) is 0 Å². The van der Waals surface area contributed by atoms with Crippen LogP contribution in [-0.4, -0.2) is 69.1 Å². The van der Waals surface area contributed by atoms with Crippen LogP contribution in [0.25, 0.3) is 0 Å². The molecule has 0 bridgehead atoms. The summed E-state index contributed by atoms with van der Waals surface area (Å²) in [6.07, 6.45) is 7.09. The molecule has 7 heteroatoms. The van der Waals surface area contributed by atoms with Gasteiger partial charge in [0.2, 0.25) is 11.8 Å². The van der Waals surface area contributed by atoms with Crippen LogP contribution in [0.2, 0.25) is 0 Å². The van der Waals surface area contributed by atoms with Crippen molar-refractivity contribution in [2.45, 2.75) is 58.4 Å². The lowest BCUT2D eigenvalue weighted by molar-refractivity contribution is -0.131. The third kappa shape index (κ3) is 6.90. The first-order valence-corrected chi connectivity index (χ1v) is 12.5. The third-order valence-electron chi connectivity index (χ3n) is 8.03. The summed E-state index contributed by atoms with van der Waals surface area (Å²) in [5, 5.41) is 9.65. The first-order valence-electron chi connectivity index (χ1n) is 12.5. The minimum atomic E-state index is -0.111. The molecule has 0 aromatic carbocycles. The van der Waals surface area contributed by atoms with Crippen LogP contribution in [0, 0.1) is 35.5 Å². The van der Waals surface area contributed by atoms with Crippen molar-refractivity contribution < 1.29 is 9.59 Å². The Hall–Kier alpha value is -1.18. The minimum Gasteiger partial charge on any atom is -0.355 e. The van der Waals surface area contributed by atoms with E-state index in [1.165, 1.54) is 25.7 Å². The average Bonchev–Trinajstić information content (AvgIpc) is 2.73. The second-order valence-electron chi connectivity index (χ2n) is 10.7. The molecule has 5 N–H and O–H groups in total. The lowest BCUT2D eigenvalue weighted by Gasteiger charge is -2.39. The van der Waals surface area contributed by atoms with Gasteiger partial charge in [0.25, 0.3) is 0 Å². The number of likely N-dealkylation sites (N-methyl/N-ethyl adjacent to an activating group) is 1. The van der Waals surface area contributed by atoms with Crippen LogP contribution in [0.3, 0.4) is 0 Å². The molecule has 0 radical (unpaired) electrons. The lowest BCUT2D eigenvalue weighted by atomic mass is 9.72. The van der Waals surface area contributed by atoms with Crippen LogP contribution in [0.5, 0.6) is 0 Å². The van der Waals surface area contributed by atoms with Crippen molar-refractivity contribution in [2.24, 2.45) is 41.2 Å². The van der Waals surface area contributed by atoms with Crippen LogP contribution in [0.15, 0.2) is 0 Å². The molecule has 178 valence electrons. The first-order chi connectivity index (χ1) is 14.9. The summed E-state index contributed by atoms with van der Waals surface area (Å²) in [6.45, 7) is 9.27. The fourth-order valence-corrected chi connectivity index (χ4v) is 6.17. The Morgan fingerprint density at radius 1 is 1.13 bits per heavy atom. The fourth-order valence-electron chi connectivity index (χ4n) is 6.17. The van der Waals surface area contributed by atoms with Gasteiger partial charge in [0.15, 0.2) is 0 Å². The molecular formula is C24H45N5O2. The third-order valence-corrected chi connectivity index (χ3v) is 8.03. The molecule has 3 aliphatic rings. The zero-order valence-corrected chi connectivity index (χ0v) is 19.9. The van der Waals surface area contributed by atoms with Gasteiger partial charge >= 0.3 is 0 Å². The number of amides is 2. The molecule has 31 heavy (non-hydrogen) atoms. The van der Waals surface area contributed by atoms with E-state index >= 15 is 0 Å². The van der Waals surface area contributed by atoms with E-state index in [0.29, 0.717) is 18.4 Å². The van der Waals surface area contributed by atoms with Gasteiger partial charge in [-0.1, -0.05) is 6.92 Å². The largest absolute Gasteiger partial charge is 0.355 e. The normalized spacial score (nSPS) is 36.8. The molecule has 7 nitrogen and oxygen atoms in total. The maximum absolute atomic E-state index is 12.9. The topological polar surface area (TPSA) is 99.5 Å². The summed E-state index contributed by atoms with van der Waals surface area (Å²) in [7, 11) is 2.17. The van der Waals surface area contributed by atoms with Crippen molar-refractivity contribution in [2.75, 3.05) is 46.3 Å². The molecule has 3 rings (SSSR count). The molecule has 0 aromatic heterocycles. The van der Waals surface area contributed by atoms with Gasteiger partial charge in [0, 0.05) is 38.8 Å². The number of nitrogens with zero attached hydrogens (tertiary/aromatic N) is 1. The highest BCUT2D eigenvalue weighted by Crippen LogP contribution is 2.37. The van der Waals surface area contributed by atoms with Crippen molar-refractivity contribution in [3.05, 3.63) is 0 Å². The minimum absolute atomic E-state index is 0.0213. The summed E-state index contributed by atoms with van der Waals surface area (Å²) in [6, 6.07) is 0.230. The van der Waals surface area contributed by atoms with Crippen molar-refractivity contribution in [1.29, 1.82) is 0 Å². The highest BCUT2D eigenvalue weighted by molar-refractivity contribution is 5.82. The molecule has 3 fully saturated rings.